The Kier molecular flexibility index (Phi) is 5.53. The summed E-state index contributed by atoms with van der Waals surface area (Å²) in [5, 5.41) is 0. The van der Waals surface area contributed by atoms with Crippen molar-refractivity contribution in [2.24, 2.45) is 0 Å². The highest BCUT2D eigenvalue weighted by Gasteiger charge is 2.17. The fourth-order valence-corrected chi connectivity index (χ4v) is 2.18. The summed E-state index contributed by atoms with van der Waals surface area (Å²) in [6.45, 7) is 8.04. The molecule has 0 aliphatic carbocycles. The van der Waals surface area contributed by atoms with Gasteiger partial charge in [0.15, 0.2) is 0 Å². The van der Waals surface area contributed by atoms with Crippen LogP contribution in [-0.2, 0) is 9.09 Å². The van der Waals surface area contributed by atoms with Crippen LogP contribution in [0.4, 0.5) is 0 Å². The van der Waals surface area contributed by atoms with Crippen molar-refractivity contribution in [3.05, 3.63) is 12.7 Å². The topological polar surface area (TPSA) is 26.3 Å². The lowest BCUT2D eigenvalue weighted by Crippen LogP contribution is -1.97. The van der Waals surface area contributed by atoms with Crippen LogP contribution in [0.15, 0.2) is 12.7 Å². The van der Waals surface area contributed by atoms with Gasteiger partial charge in [-0.25, -0.2) is 0 Å². The Labute approximate surface area is 69.1 Å². The predicted octanol–water partition coefficient (Wildman–Crippen LogP) is 2.90. The van der Waals surface area contributed by atoms with E-state index in [-0.39, 0.29) is 0 Å². The molecule has 0 amide bonds. The summed E-state index contributed by atoms with van der Waals surface area (Å²) in [5.74, 6) is 0. The van der Waals surface area contributed by atoms with E-state index in [2.05, 4.69) is 6.58 Å². The molecule has 0 aliphatic heterocycles. The van der Waals surface area contributed by atoms with Gasteiger partial charge in [0.2, 0.25) is 7.37 Å². The molecule has 66 valence electrons. The molecule has 3 heteroatoms. The highest BCUT2D eigenvalue weighted by Crippen LogP contribution is 2.46. The summed E-state index contributed by atoms with van der Waals surface area (Å²) in [6.07, 6.45) is 3.70. The quantitative estimate of drug-likeness (QED) is 0.459. The van der Waals surface area contributed by atoms with Crippen LogP contribution >= 0.6 is 7.37 Å². The molecule has 1 atom stereocenters. The van der Waals surface area contributed by atoms with E-state index in [9.17, 15) is 4.57 Å². The van der Waals surface area contributed by atoms with Gasteiger partial charge in [-0.15, -0.1) is 6.58 Å². The van der Waals surface area contributed by atoms with Crippen LogP contribution in [0.5, 0.6) is 0 Å². The lowest BCUT2D eigenvalue weighted by atomic mass is 10.5. The number of hydrogen-bond donors (Lipinski definition) is 0. The summed E-state index contributed by atoms with van der Waals surface area (Å²) >= 11 is 0. The molecule has 0 saturated heterocycles. The zero-order valence-corrected chi connectivity index (χ0v) is 8.27. The third-order valence-corrected chi connectivity index (χ3v) is 3.85. The maximum atomic E-state index is 11.6. The van der Waals surface area contributed by atoms with Crippen molar-refractivity contribution < 1.29 is 9.09 Å². The number of rotatable bonds is 6. The van der Waals surface area contributed by atoms with Crippen molar-refractivity contribution in [1.82, 2.24) is 0 Å². The van der Waals surface area contributed by atoms with Crippen molar-refractivity contribution >= 4 is 7.37 Å². The van der Waals surface area contributed by atoms with Crippen LogP contribution in [0.1, 0.15) is 20.3 Å². The molecule has 0 aromatic heterocycles. The first-order chi connectivity index (χ1) is 5.18. The Bertz CT molecular complexity index is 154. The first-order valence-electron chi connectivity index (χ1n) is 4.02. The van der Waals surface area contributed by atoms with E-state index in [0.717, 1.165) is 6.42 Å². The first-order valence-corrected chi connectivity index (χ1v) is 6.01. The molecule has 0 bridgehead atoms. The Balaban J connectivity index is 3.88. The summed E-state index contributed by atoms with van der Waals surface area (Å²) in [4.78, 5) is 0. The second-order valence-electron chi connectivity index (χ2n) is 2.44. The second kappa shape index (κ2) is 5.56. The molecule has 0 aliphatic rings. The van der Waals surface area contributed by atoms with Gasteiger partial charge in [-0.1, -0.05) is 19.9 Å². The standard InChI is InChI=1S/C8H17O2P/c1-4-7-10-11(9,6-3)8-5-2/h5H,2,4,6-8H2,1,3H3. The van der Waals surface area contributed by atoms with Crippen molar-refractivity contribution in [3.8, 4) is 0 Å². The molecule has 0 saturated carbocycles. The van der Waals surface area contributed by atoms with Crippen molar-refractivity contribution in [1.29, 1.82) is 0 Å². The maximum Gasteiger partial charge on any atom is 0.206 e. The minimum absolute atomic E-state index is 0.503. The van der Waals surface area contributed by atoms with E-state index in [1.54, 1.807) is 6.08 Å². The van der Waals surface area contributed by atoms with Gasteiger partial charge in [0, 0.05) is 12.3 Å². The largest absolute Gasteiger partial charge is 0.328 e. The van der Waals surface area contributed by atoms with Gasteiger partial charge >= 0.3 is 0 Å². The molecule has 2 nitrogen and oxygen atoms in total. The van der Waals surface area contributed by atoms with Gasteiger partial charge in [-0.2, -0.15) is 0 Å². The average Bonchev–Trinajstić information content (AvgIpc) is 2.02. The van der Waals surface area contributed by atoms with Gasteiger partial charge in [-0.3, -0.25) is 4.57 Å². The van der Waals surface area contributed by atoms with Crippen LogP contribution < -0.4 is 0 Å². The summed E-state index contributed by atoms with van der Waals surface area (Å²) < 4.78 is 16.9. The molecular weight excluding hydrogens is 159 g/mol. The minimum Gasteiger partial charge on any atom is -0.328 e. The van der Waals surface area contributed by atoms with E-state index in [1.807, 2.05) is 13.8 Å². The van der Waals surface area contributed by atoms with E-state index in [1.165, 1.54) is 0 Å². The summed E-state index contributed by atoms with van der Waals surface area (Å²) in [6, 6.07) is 0. The number of allylic oxidation sites excluding steroid dienone is 1. The van der Waals surface area contributed by atoms with Gasteiger partial charge in [0.25, 0.3) is 0 Å². The molecular formula is C8H17O2P. The smallest absolute Gasteiger partial charge is 0.206 e. The third-order valence-electron chi connectivity index (χ3n) is 1.42. The normalized spacial score (nSPS) is 15.8. The predicted molar refractivity (Wildman–Crippen MR) is 49.5 cm³/mol. The van der Waals surface area contributed by atoms with Crippen molar-refractivity contribution in [2.45, 2.75) is 20.3 Å². The molecule has 0 rings (SSSR count). The monoisotopic (exact) mass is 176 g/mol. The average molecular weight is 176 g/mol. The molecule has 0 radical (unpaired) electrons. The van der Waals surface area contributed by atoms with Gasteiger partial charge in [0.05, 0.1) is 6.61 Å². The molecule has 0 N–H and O–H groups in total. The zero-order valence-electron chi connectivity index (χ0n) is 7.38. The number of hydrogen-bond acceptors (Lipinski definition) is 2. The van der Waals surface area contributed by atoms with E-state index in [4.69, 9.17) is 4.52 Å². The van der Waals surface area contributed by atoms with Gasteiger partial charge in [-0.05, 0) is 6.42 Å². The fraction of sp³-hybridized carbons (Fsp3) is 0.750. The highest BCUT2D eigenvalue weighted by atomic mass is 31.2. The van der Waals surface area contributed by atoms with E-state index < -0.39 is 7.37 Å². The van der Waals surface area contributed by atoms with Crippen molar-refractivity contribution in [3.63, 3.8) is 0 Å². The highest BCUT2D eigenvalue weighted by molar-refractivity contribution is 7.59. The second-order valence-corrected chi connectivity index (χ2v) is 5.32. The third kappa shape index (κ3) is 4.39. The molecule has 0 fully saturated rings. The first kappa shape index (κ1) is 10.9. The zero-order chi connectivity index (χ0) is 8.74. The molecule has 11 heavy (non-hydrogen) atoms. The maximum absolute atomic E-state index is 11.6. The minimum atomic E-state index is -2.33. The van der Waals surface area contributed by atoms with Crippen LogP contribution in [0, 0.1) is 0 Å². The Morgan fingerprint density at radius 1 is 1.55 bits per heavy atom. The lowest BCUT2D eigenvalue weighted by Gasteiger charge is -2.13. The summed E-state index contributed by atoms with van der Waals surface area (Å²) in [7, 11) is -2.33. The van der Waals surface area contributed by atoms with Crippen molar-refractivity contribution in [2.75, 3.05) is 18.9 Å². The van der Waals surface area contributed by atoms with Gasteiger partial charge < -0.3 is 4.52 Å². The Morgan fingerprint density at radius 3 is 2.55 bits per heavy atom. The van der Waals surface area contributed by atoms with Crippen LogP contribution in [0.2, 0.25) is 0 Å². The SMILES string of the molecule is C=CCP(=O)(CC)OCCC. The Morgan fingerprint density at radius 2 is 2.18 bits per heavy atom. The molecule has 1 unspecified atom stereocenters. The molecule has 0 aromatic carbocycles. The van der Waals surface area contributed by atoms with E-state index >= 15 is 0 Å². The Hall–Kier alpha value is -0.0700. The van der Waals surface area contributed by atoms with Gasteiger partial charge in [0.1, 0.15) is 0 Å². The molecule has 0 heterocycles. The fourth-order valence-electron chi connectivity index (χ4n) is 0.727. The lowest BCUT2D eigenvalue weighted by molar-refractivity contribution is 0.315. The molecule has 0 aromatic rings. The van der Waals surface area contributed by atoms with Crippen LogP contribution in [0.25, 0.3) is 0 Å². The van der Waals surface area contributed by atoms with Crippen LogP contribution in [-0.4, -0.2) is 18.9 Å². The molecule has 0 spiro atoms. The van der Waals surface area contributed by atoms with E-state index in [0.29, 0.717) is 18.9 Å². The van der Waals surface area contributed by atoms with Crippen LogP contribution in [0.3, 0.4) is 0 Å². The summed E-state index contributed by atoms with van der Waals surface area (Å²) in [5.41, 5.74) is 0.